The van der Waals surface area contributed by atoms with Gasteiger partial charge in [-0.25, -0.2) is 0 Å². The molecule has 5 aromatic carbocycles. The molecule has 0 aliphatic carbocycles. The molecule has 0 bridgehead atoms. The molecule has 0 radical (unpaired) electrons. The van der Waals surface area contributed by atoms with E-state index in [-0.39, 0.29) is 0 Å². The molecule has 6 rings (SSSR count). The Kier molecular flexibility index (Phi) is 4.63. The Balaban J connectivity index is 1.67. The quantitative estimate of drug-likeness (QED) is 0.288. The van der Waals surface area contributed by atoms with Crippen molar-refractivity contribution in [1.29, 1.82) is 0 Å². The molecule has 0 spiro atoms. The summed E-state index contributed by atoms with van der Waals surface area (Å²) in [6, 6.07) is 32.9. The number of methoxy groups -OCH3 is 1. The lowest BCUT2D eigenvalue weighted by Crippen LogP contribution is -2.24. The standard InChI is InChI=1S/C29H24NOP/c1-31-23-14-15-27(32)26(16-23)30-17-21-12-10-19-6-2-4-8-24(19)28(21)29-22(18-30)13-11-20-7-3-5-9-25(20)29/h2-16H,17-18,32H2,1H3. The lowest BCUT2D eigenvalue weighted by Gasteiger charge is -2.26. The predicted octanol–water partition coefficient (Wildman–Crippen LogP) is 6.69. The van der Waals surface area contributed by atoms with E-state index in [0.717, 1.165) is 18.8 Å². The van der Waals surface area contributed by atoms with Gasteiger partial charge in [-0.1, -0.05) is 72.8 Å². The van der Waals surface area contributed by atoms with E-state index in [1.165, 1.54) is 54.8 Å². The van der Waals surface area contributed by atoms with Crippen molar-refractivity contribution in [2.24, 2.45) is 0 Å². The molecule has 1 unspecified atom stereocenters. The van der Waals surface area contributed by atoms with Gasteiger partial charge in [-0.3, -0.25) is 0 Å². The third kappa shape index (κ3) is 3.06. The van der Waals surface area contributed by atoms with Crippen LogP contribution in [0.2, 0.25) is 0 Å². The molecule has 5 aromatic rings. The average molecular weight is 433 g/mol. The average Bonchev–Trinajstić information content (AvgIpc) is 3.01. The zero-order valence-electron chi connectivity index (χ0n) is 18.0. The van der Waals surface area contributed by atoms with Gasteiger partial charge in [-0.2, -0.15) is 0 Å². The number of ether oxygens (including phenoxy) is 1. The number of benzene rings is 5. The van der Waals surface area contributed by atoms with Crippen LogP contribution >= 0.6 is 9.24 Å². The van der Waals surface area contributed by atoms with E-state index < -0.39 is 0 Å². The number of fused-ring (bicyclic) bond motifs is 7. The van der Waals surface area contributed by atoms with Crippen molar-refractivity contribution in [3.05, 3.63) is 102 Å². The van der Waals surface area contributed by atoms with E-state index in [1.807, 2.05) is 6.07 Å². The summed E-state index contributed by atoms with van der Waals surface area (Å²) in [7, 11) is 4.62. The molecule has 0 N–H and O–H groups in total. The van der Waals surface area contributed by atoms with Crippen LogP contribution in [-0.2, 0) is 13.1 Å². The normalized spacial score (nSPS) is 13.0. The van der Waals surface area contributed by atoms with Gasteiger partial charge in [0.25, 0.3) is 0 Å². The monoisotopic (exact) mass is 433 g/mol. The van der Waals surface area contributed by atoms with E-state index in [9.17, 15) is 0 Å². The summed E-state index contributed by atoms with van der Waals surface area (Å²) in [6.07, 6.45) is 0. The summed E-state index contributed by atoms with van der Waals surface area (Å²) in [6.45, 7) is 1.69. The first-order chi connectivity index (χ1) is 15.7. The molecule has 0 amide bonds. The fourth-order valence-electron chi connectivity index (χ4n) is 5.05. The van der Waals surface area contributed by atoms with Gasteiger partial charge in [0.2, 0.25) is 0 Å². The van der Waals surface area contributed by atoms with E-state index >= 15 is 0 Å². The lowest BCUT2D eigenvalue weighted by molar-refractivity contribution is 0.415. The van der Waals surface area contributed by atoms with Gasteiger partial charge in [0, 0.05) is 24.8 Å². The maximum absolute atomic E-state index is 5.55. The number of nitrogens with zero attached hydrogens (tertiary/aromatic N) is 1. The fraction of sp³-hybridized carbons (Fsp3) is 0.103. The molecule has 1 heterocycles. The van der Waals surface area contributed by atoms with Crippen molar-refractivity contribution in [2.45, 2.75) is 13.1 Å². The maximum atomic E-state index is 5.55. The summed E-state index contributed by atoms with van der Waals surface area (Å²) >= 11 is 0. The second-order valence-electron chi connectivity index (χ2n) is 8.42. The van der Waals surface area contributed by atoms with Gasteiger partial charge in [-0.05, 0) is 61.2 Å². The van der Waals surface area contributed by atoms with Gasteiger partial charge < -0.3 is 9.64 Å². The highest BCUT2D eigenvalue weighted by molar-refractivity contribution is 7.28. The number of hydrogen-bond acceptors (Lipinski definition) is 2. The molecule has 3 heteroatoms. The highest BCUT2D eigenvalue weighted by atomic mass is 31.0. The number of anilines is 1. The summed E-state index contributed by atoms with van der Waals surface area (Å²) in [5.74, 6) is 0.882. The molecule has 0 aromatic heterocycles. The minimum absolute atomic E-state index is 0.845. The first kappa shape index (κ1) is 19.3. The van der Waals surface area contributed by atoms with E-state index in [0.29, 0.717) is 0 Å². The van der Waals surface area contributed by atoms with Crippen molar-refractivity contribution in [2.75, 3.05) is 12.0 Å². The summed E-state index contributed by atoms with van der Waals surface area (Å²) in [5, 5.41) is 6.39. The summed E-state index contributed by atoms with van der Waals surface area (Å²) in [4.78, 5) is 2.47. The molecule has 1 aliphatic rings. The van der Waals surface area contributed by atoms with Crippen LogP contribution in [-0.4, -0.2) is 7.11 Å². The molecule has 0 saturated carbocycles. The molecule has 156 valence electrons. The molecular formula is C29H24NOP. The van der Waals surface area contributed by atoms with Crippen LogP contribution in [0.5, 0.6) is 5.75 Å². The summed E-state index contributed by atoms with van der Waals surface area (Å²) < 4.78 is 5.55. The van der Waals surface area contributed by atoms with Gasteiger partial charge in [0.1, 0.15) is 5.75 Å². The van der Waals surface area contributed by atoms with Gasteiger partial charge in [0.05, 0.1) is 7.11 Å². The van der Waals surface area contributed by atoms with Crippen molar-refractivity contribution in [1.82, 2.24) is 0 Å². The second-order valence-corrected chi connectivity index (χ2v) is 9.04. The topological polar surface area (TPSA) is 12.5 Å². The van der Waals surface area contributed by atoms with Crippen LogP contribution in [0.3, 0.4) is 0 Å². The van der Waals surface area contributed by atoms with Crippen LogP contribution < -0.4 is 14.9 Å². The fourth-order valence-corrected chi connectivity index (χ4v) is 5.41. The molecule has 2 nitrogen and oxygen atoms in total. The molecular weight excluding hydrogens is 409 g/mol. The van der Waals surface area contributed by atoms with E-state index in [4.69, 9.17) is 4.74 Å². The zero-order chi connectivity index (χ0) is 21.7. The van der Waals surface area contributed by atoms with Crippen molar-refractivity contribution < 1.29 is 4.74 Å². The first-order valence-electron chi connectivity index (χ1n) is 10.9. The minimum atomic E-state index is 0.845. The van der Waals surface area contributed by atoms with E-state index in [1.54, 1.807) is 7.11 Å². The molecule has 0 fully saturated rings. The Morgan fingerprint density at radius 3 is 1.81 bits per heavy atom. The number of rotatable bonds is 2. The Morgan fingerprint density at radius 2 is 1.25 bits per heavy atom. The van der Waals surface area contributed by atoms with Crippen molar-refractivity contribution in [3.63, 3.8) is 0 Å². The van der Waals surface area contributed by atoms with Crippen LogP contribution in [0.4, 0.5) is 5.69 Å². The highest BCUT2D eigenvalue weighted by Gasteiger charge is 2.24. The van der Waals surface area contributed by atoms with Crippen LogP contribution in [0.25, 0.3) is 32.7 Å². The molecule has 1 aliphatic heterocycles. The lowest BCUT2D eigenvalue weighted by atomic mass is 9.88. The Bertz CT molecular complexity index is 1400. The van der Waals surface area contributed by atoms with Gasteiger partial charge in [0.15, 0.2) is 0 Å². The largest absolute Gasteiger partial charge is 0.497 e. The predicted molar refractivity (Wildman–Crippen MR) is 139 cm³/mol. The SMILES string of the molecule is COc1ccc(P)c(N2Cc3ccc4ccccc4c3-c3c(ccc4ccccc34)C2)c1. The Labute approximate surface area is 190 Å². The maximum Gasteiger partial charge on any atom is 0.120 e. The second kappa shape index (κ2) is 7.65. The van der Waals surface area contributed by atoms with Crippen LogP contribution in [0.15, 0.2) is 91.0 Å². The Hall–Kier alpha value is -3.35. The summed E-state index contributed by atoms with van der Waals surface area (Å²) in [5.41, 5.74) is 6.63. The van der Waals surface area contributed by atoms with Gasteiger partial charge >= 0.3 is 0 Å². The molecule has 1 atom stereocenters. The van der Waals surface area contributed by atoms with Crippen LogP contribution in [0.1, 0.15) is 11.1 Å². The van der Waals surface area contributed by atoms with Crippen LogP contribution in [0, 0.1) is 0 Å². The highest BCUT2D eigenvalue weighted by Crippen LogP contribution is 2.43. The third-order valence-corrected chi connectivity index (χ3v) is 7.07. The molecule has 0 saturated heterocycles. The minimum Gasteiger partial charge on any atom is -0.497 e. The zero-order valence-corrected chi connectivity index (χ0v) is 19.2. The van der Waals surface area contributed by atoms with Crippen molar-refractivity contribution >= 4 is 41.8 Å². The third-order valence-electron chi connectivity index (χ3n) is 6.58. The molecule has 32 heavy (non-hydrogen) atoms. The van der Waals surface area contributed by atoms with Crippen molar-refractivity contribution in [3.8, 4) is 16.9 Å². The Morgan fingerprint density at radius 1 is 0.688 bits per heavy atom. The smallest absolute Gasteiger partial charge is 0.120 e. The first-order valence-corrected chi connectivity index (χ1v) is 11.5. The van der Waals surface area contributed by atoms with E-state index in [2.05, 4.69) is 99.1 Å². The van der Waals surface area contributed by atoms with Gasteiger partial charge in [-0.15, -0.1) is 9.24 Å². The number of hydrogen-bond donors (Lipinski definition) is 0.